The van der Waals surface area contributed by atoms with Crippen molar-refractivity contribution in [3.05, 3.63) is 54.4 Å². The van der Waals surface area contributed by atoms with Gasteiger partial charge in [0.25, 0.3) is 0 Å². The zero-order chi connectivity index (χ0) is 14.4. The van der Waals surface area contributed by atoms with Gasteiger partial charge in [-0.2, -0.15) is 0 Å². The van der Waals surface area contributed by atoms with Crippen LogP contribution in [0.2, 0.25) is 0 Å². The van der Waals surface area contributed by atoms with Gasteiger partial charge in [0, 0.05) is 18.8 Å². The maximum Gasteiger partial charge on any atom is 0.220 e. The van der Waals surface area contributed by atoms with Gasteiger partial charge in [-0.25, -0.2) is 0 Å². The maximum absolute atomic E-state index is 11.6. The van der Waals surface area contributed by atoms with E-state index in [0.717, 1.165) is 23.1 Å². The molecule has 1 N–H and O–H groups in total. The van der Waals surface area contributed by atoms with Crippen molar-refractivity contribution in [2.24, 2.45) is 0 Å². The molecule has 1 unspecified atom stereocenters. The number of pyridine rings is 1. The summed E-state index contributed by atoms with van der Waals surface area (Å²) in [5.41, 5.74) is 3.42. The van der Waals surface area contributed by atoms with E-state index in [2.05, 4.69) is 34.6 Å². The molecular formula is C17H20N2O. The minimum absolute atomic E-state index is 0.0422. The van der Waals surface area contributed by atoms with Gasteiger partial charge in [0.05, 0.1) is 6.04 Å². The summed E-state index contributed by atoms with van der Waals surface area (Å²) in [4.78, 5) is 15.6. The molecule has 2 aromatic rings. The van der Waals surface area contributed by atoms with E-state index in [1.807, 2.05) is 26.0 Å². The van der Waals surface area contributed by atoms with Crippen molar-refractivity contribution in [3.63, 3.8) is 0 Å². The molecule has 104 valence electrons. The van der Waals surface area contributed by atoms with Gasteiger partial charge in [-0.15, -0.1) is 0 Å². The molecule has 2 rings (SSSR count). The number of rotatable bonds is 5. The largest absolute Gasteiger partial charge is 0.350 e. The second-order valence-corrected chi connectivity index (χ2v) is 4.90. The van der Waals surface area contributed by atoms with Gasteiger partial charge in [-0.3, -0.25) is 9.78 Å². The highest BCUT2D eigenvalue weighted by molar-refractivity contribution is 5.76. The summed E-state index contributed by atoms with van der Waals surface area (Å²) < 4.78 is 0. The fraction of sp³-hybridized carbons (Fsp3) is 0.294. The molecule has 0 saturated heterocycles. The third-order valence-corrected chi connectivity index (χ3v) is 3.28. The lowest BCUT2D eigenvalue weighted by Crippen LogP contribution is -2.26. The third kappa shape index (κ3) is 3.67. The summed E-state index contributed by atoms with van der Waals surface area (Å²) in [5, 5.41) is 3.01. The molecule has 1 aromatic heterocycles. The van der Waals surface area contributed by atoms with Gasteiger partial charge >= 0.3 is 0 Å². The van der Waals surface area contributed by atoms with Crippen molar-refractivity contribution in [1.82, 2.24) is 10.3 Å². The lowest BCUT2D eigenvalue weighted by molar-refractivity contribution is -0.121. The highest BCUT2D eigenvalue weighted by Gasteiger charge is 2.08. The van der Waals surface area contributed by atoms with Crippen LogP contribution < -0.4 is 5.32 Å². The van der Waals surface area contributed by atoms with E-state index in [1.165, 1.54) is 0 Å². The van der Waals surface area contributed by atoms with Crippen molar-refractivity contribution in [2.75, 3.05) is 0 Å². The van der Waals surface area contributed by atoms with Gasteiger partial charge in [0.1, 0.15) is 0 Å². The molecule has 0 aliphatic carbocycles. The molecule has 1 heterocycles. The Kier molecular flexibility index (Phi) is 4.88. The van der Waals surface area contributed by atoms with Crippen LogP contribution in [0.4, 0.5) is 0 Å². The van der Waals surface area contributed by atoms with E-state index >= 15 is 0 Å². The van der Waals surface area contributed by atoms with E-state index in [0.29, 0.717) is 6.42 Å². The Hall–Kier alpha value is -2.16. The summed E-state index contributed by atoms with van der Waals surface area (Å²) in [7, 11) is 0. The standard InChI is InChI=1S/C17H20N2O/c1-3-4-17(20)19-13(2)14-5-7-15(8-6-14)16-9-11-18-12-10-16/h5-13H,3-4H2,1-2H3,(H,19,20). The topological polar surface area (TPSA) is 42.0 Å². The quantitative estimate of drug-likeness (QED) is 0.897. The van der Waals surface area contributed by atoms with Crippen LogP contribution in [0.5, 0.6) is 0 Å². The molecule has 0 fully saturated rings. The Morgan fingerprint density at radius 2 is 1.70 bits per heavy atom. The number of hydrogen-bond donors (Lipinski definition) is 1. The zero-order valence-corrected chi connectivity index (χ0v) is 12.0. The maximum atomic E-state index is 11.6. The molecule has 0 spiro atoms. The first-order chi connectivity index (χ1) is 9.70. The smallest absolute Gasteiger partial charge is 0.220 e. The second-order valence-electron chi connectivity index (χ2n) is 4.90. The number of hydrogen-bond acceptors (Lipinski definition) is 2. The third-order valence-electron chi connectivity index (χ3n) is 3.28. The normalized spacial score (nSPS) is 11.9. The Morgan fingerprint density at radius 1 is 1.10 bits per heavy atom. The Bertz CT molecular complexity index is 549. The molecule has 20 heavy (non-hydrogen) atoms. The molecule has 0 radical (unpaired) electrons. The van der Waals surface area contributed by atoms with Gasteiger partial charge in [0.2, 0.25) is 5.91 Å². The number of nitrogens with one attached hydrogen (secondary N) is 1. The van der Waals surface area contributed by atoms with Crippen molar-refractivity contribution in [3.8, 4) is 11.1 Å². The summed E-state index contributed by atoms with van der Waals surface area (Å²) in [6, 6.07) is 12.3. The van der Waals surface area contributed by atoms with Crippen LogP contribution in [-0.2, 0) is 4.79 Å². The zero-order valence-electron chi connectivity index (χ0n) is 12.0. The SMILES string of the molecule is CCCC(=O)NC(C)c1ccc(-c2ccncc2)cc1. The minimum atomic E-state index is 0.0422. The lowest BCUT2D eigenvalue weighted by atomic mass is 10.0. The average Bonchev–Trinajstić information content (AvgIpc) is 2.48. The highest BCUT2D eigenvalue weighted by atomic mass is 16.1. The van der Waals surface area contributed by atoms with E-state index in [4.69, 9.17) is 0 Å². The summed E-state index contributed by atoms with van der Waals surface area (Å²) in [6.45, 7) is 4.02. The fourth-order valence-electron chi connectivity index (χ4n) is 2.13. The van der Waals surface area contributed by atoms with E-state index in [-0.39, 0.29) is 11.9 Å². The minimum Gasteiger partial charge on any atom is -0.350 e. The number of carbonyl (C=O) groups excluding carboxylic acids is 1. The number of amides is 1. The number of benzene rings is 1. The van der Waals surface area contributed by atoms with Crippen molar-refractivity contribution in [2.45, 2.75) is 32.7 Å². The van der Waals surface area contributed by atoms with Crippen LogP contribution in [0.15, 0.2) is 48.8 Å². The monoisotopic (exact) mass is 268 g/mol. The molecule has 1 atom stereocenters. The Morgan fingerprint density at radius 3 is 2.30 bits per heavy atom. The van der Waals surface area contributed by atoms with Crippen LogP contribution in [0, 0.1) is 0 Å². The molecule has 0 saturated carbocycles. The van der Waals surface area contributed by atoms with Crippen LogP contribution in [0.25, 0.3) is 11.1 Å². The van der Waals surface area contributed by atoms with Gasteiger partial charge in [-0.05, 0) is 42.2 Å². The summed E-state index contributed by atoms with van der Waals surface area (Å²) in [5.74, 6) is 0.109. The Labute approximate surface area is 120 Å². The second kappa shape index (κ2) is 6.85. The molecule has 3 nitrogen and oxygen atoms in total. The lowest BCUT2D eigenvalue weighted by Gasteiger charge is -2.14. The number of nitrogens with zero attached hydrogens (tertiary/aromatic N) is 1. The average molecular weight is 268 g/mol. The Balaban J connectivity index is 2.06. The van der Waals surface area contributed by atoms with Crippen LogP contribution in [-0.4, -0.2) is 10.9 Å². The first-order valence-corrected chi connectivity index (χ1v) is 7.00. The van der Waals surface area contributed by atoms with Gasteiger partial charge in [0.15, 0.2) is 0 Å². The van der Waals surface area contributed by atoms with Crippen LogP contribution >= 0.6 is 0 Å². The number of carbonyl (C=O) groups is 1. The molecule has 1 amide bonds. The molecule has 0 aliphatic heterocycles. The van der Waals surface area contributed by atoms with Gasteiger partial charge in [-0.1, -0.05) is 31.2 Å². The predicted octanol–water partition coefficient (Wildman–Crippen LogP) is 3.73. The molecule has 0 bridgehead atoms. The van der Waals surface area contributed by atoms with E-state index in [1.54, 1.807) is 12.4 Å². The number of aromatic nitrogens is 1. The highest BCUT2D eigenvalue weighted by Crippen LogP contribution is 2.21. The van der Waals surface area contributed by atoms with Gasteiger partial charge < -0.3 is 5.32 Å². The molecule has 3 heteroatoms. The first-order valence-electron chi connectivity index (χ1n) is 7.00. The summed E-state index contributed by atoms with van der Waals surface area (Å²) >= 11 is 0. The van der Waals surface area contributed by atoms with Crippen LogP contribution in [0.3, 0.4) is 0 Å². The molecular weight excluding hydrogens is 248 g/mol. The van der Waals surface area contributed by atoms with Crippen molar-refractivity contribution in [1.29, 1.82) is 0 Å². The van der Waals surface area contributed by atoms with E-state index < -0.39 is 0 Å². The predicted molar refractivity (Wildman–Crippen MR) is 81.1 cm³/mol. The molecule has 0 aliphatic rings. The van der Waals surface area contributed by atoms with Crippen molar-refractivity contribution < 1.29 is 4.79 Å². The first kappa shape index (κ1) is 14.3. The van der Waals surface area contributed by atoms with Crippen molar-refractivity contribution >= 4 is 5.91 Å². The fourth-order valence-corrected chi connectivity index (χ4v) is 2.13. The van der Waals surface area contributed by atoms with Crippen LogP contribution in [0.1, 0.15) is 38.3 Å². The molecule has 1 aromatic carbocycles. The van der Waals surface area contributed by atoms with E-state index in [9.17, 15) is 4.79 Å². The summed E-state index contributed by atoms with van der Waals surface area (Å²) in [6.07, 6.45) is 5.03.